The van der Waals surface area contributed by atoms with E-state index in [0.29, 0.717) is 11.5 Å². The molecule has 3 heterocycles. The monoisotopic (exact) mass is 413 g/mol. The fraction of sp³-hybridized carbons (Fsp3) is 0.182. The minimum Gasteiger partial charge on any atom is -0.328 e. The van der Waals surface area contributed by atoms with Crippen LogP contribution in [0.1, 0.15) is 26.5 Å². The van der Waals surface area contributed by atoms with Crippen LogP contribution in [0.15, 0.2) is 55.0 Å². The fourth-order valence-corrected chi connectivity index (χ4v) is 3.31. The van der Waals surface area contributed by atoms with E-state index >= 15 is 0 Å². The normalized spacial score (nSPS) is 10.7. The molecule has 4 aromatic rings. The zero-order valence-corrected chi connectivity index (χ0v) is 17.1. The number of imidazole rings is 1. The summed E-state index contributed by atoms with van der Waals surface area (Å²) in [7, 11) is 3.11. The third kappa shape index (κ3) is 3.91. The average Bonchev–Trinajstić information content (AvgIpc) is 3.37. The van der Waals surface area contributed by atoms with E-state index in [2.05, 4.69) is 15.1 Å². The van der Waals surface area contributed by atoms with Gasteiger partial charge in [-0.25, -0.2) is 9.97 Å². The van der Waals surface area contributed by atoms with Gasteiger partial charge in [-0.05, 0) is 6.07 Å². The van der Waals surface area contributed by atoms with Gasteiger partial charge in [0.05, 0.1) is 35.6 Å². The summed E-state index contributed by atoms with van der Waals surface area (Å²) in [6.07, 6.45) is 5.03. The van der Waals surface area contributed by atoms with Gasteiger partial charge >= 0.3 is 0 Å². The number of carbonyl (C=O) groups excluding carboxylic acids is 2. The zero-order valence-electron chi connectivity index (χ0n) is 17.1. The van der Waals surface area contributed by atoms with Gasteiger partial charge < -0.3 is 4.90 Å². The molecule has 0 fully saturated rings. The fourth-order valence-electron chi connectivity index (χ4n) is 3.31. The number of nitrogens with zero attached hydrogens (tertiary/aromatic N) is 7. The Bertz CT molecular complexity index is 1310. The molecule has 0 saturated carbocycles. The molecule has 9 nitrogen and oxygen atoms in total. The van der Waals surface area contributed by atoms with Crippen molar-refractivity contribution in [1.29, 1.82) is 5.26 Å². The summed E-state index contributed by atoms with van der Waals surface area (Å²) in [5, 5.41) is 12.9. The average molecular weight is 413 g/mol. The first kappa shape index (κ1) is 20.0. The van der Waals surface area contributed by atoms with Gasteiger partial charge in [0.2, 0.25) is 5.78 Å². The molecule has 4 rings (SSSR count). The highest BCUT2D eigenvalue weighted by molar-refractivity contribution is 6.07. The molecule has 0 spiro atoms. The number of hydrogen-bond acceptors (Lipinski definition) is 6. The molecule has 0 aliphatic rings. The maximum atomic E-state index is 13.0. The summed E-state index contributed by atoms with van der Waals surface area (Å²) >= 11 is 0. The van der Waals surface area contributed by atoms with Gasteiger partial charge in [0, 0.05) is 32.1 Å². The van der Waals surface area contributed by atoms with Gasteiger partial charge in [0.15, 0.2) is 5.78 Å². The van der Waals surface area contributed by atoms with Crippen LogP contribution in [-0.2, 0) is 13.5 Å². The number of hydrogen-bond donors (Lipinski definition) is 0. The number of aromatic nitrogens is 5. The number of rotatable bonds is 6. The molecule has 0 aliphatic carbocycles. The Hall–Kier alpha value is -4.32. The van der Waals surface area contributed by atoms with Crippen molar-refractivity contribution >= 4 is 17.5 Å². The smallest absolute Gasteiger partial charge is 0.258 e. The van der Waals surface area contributed by atoms with E-state index in [0.717, 1.165) is 11.3 Å². The van der Waals surface area contributed by atoms with Gasteiger partial charge in [0.1, 0.15) is 12.2 Å². The zero-order chi connectivity index (χ0) is 22.0. The summed E-state index contributed by atoms with van der Waals surface area (Å²) in [5.41, 5.74) is 2.65. The number of amides is 1. The minimum absolute atomic E-state index is 0.00813. The molecule has 1 amide bonds. The van der Waals surface area contributed by atoms with Crippen LogP contribution in [0.4, 0.5) is 0 Å². The summed E-state index contributed by atoms with van der Waals surface area (Å²) in [4.78, 5) is 35.9. The molecule has 0 bridgehead atoms. The second kappa shape index (κ2) is 8.20. The summed E-state index contributed by atoms with van der Waals surface area (Å²) in [6, 6.07) is 13.4. The van der Waals surface area contributed by atoms with E-state index in [-0.39, 0.29) is 30.0 Å². The standard InChI is InChI=1S/C22H19N7O2/c1-27(11-9-23)21(31)17-13-24-28(2)20(17)19(30)12-16-8-10-29-14-18(26-22(29)25-16)15-6-4-3-5-7-15/h3-8,10,13-14H,11-12H2,1-2H3. The highest BCUT2D eigenvalue weighted by Crippen LogP contribution is 2.19. The molecular weight excluding hydrogens is 394 g/mol. The SMILES string of the molecule is CN(CC#N)C(=O)c1cnn(C)c1C(=O)Cc1ccn2cc(-c3ccccc3)nc2n1. The van der Waals surface area contributed by atoms with E-state index in [1.165, 1.54) is 22.8 Å². The number of carbonyl (C=O) groups is 2. The van der Waals surface area contributed by atoms with Crippen molar-refractivity contribution < 1.29 is 9.59 Å². The second-order valence-corrected chi connectivity index (χ2v) is 7.07. The van der Waals surface area contributed by atoms with E-state index in [1.807, 2.05) is 42.6 Å². The summed E-state index contributed by atoms with van der Waals surface area (Å²) in [6.45, 7) is -0.0801. The maximum Gasteiger partial charge on any atom is 0.258 e. The third-order valence-corrected chi connectivity index (χ3v) is 4.88. The Kier molecular flexibility index (Phi) is 5.28. The number of Topliss-reactive ketones (excluding diaryl/α,β-unsaturated/α-hetero) is 1. The highest BCUT2D eigenvalue weighted by Gasteiger charge is 2.24. The number of aryl methyl sites for hydroxylation is 1. The van der Waals surface area contributed by atoms with Crippen LogP contribution < -0.4 is 0 Å². The molecule has 1 aromatic carbocycles. The number of fused-ring (bicyclic) bond motifs is 1. The molecule has 0 saturated heterocycles. The Morgan fingerprint density at radius 3 is 2.68 bits per heavy atom. The second-order valence-electron chi connectivity index (χ2n) is 7.07. The first-order chi connectivity index (χ1) is 15.0. The molecule has 154 valence electrons. The lowest BCUT2D eigenvalue weighted by molar-refractivity contribution is 0.0804. The quantitative estimate of drug-likeness (QED) is 0.354. The van der Waals surface area contributed by atoms with Gasteiger partial charge in [-0.2, -0.15) is 10.4 Å². The summed E-state index contributed by atoms with van der Waals surface area (Å²) < 4.78 is 3.17. The number of nitriles is 1. The van der Waals surface area contributed by atoms with Crippen molar-refractivity contribution in [3.05, 3.63) is 71.9 Å². The van der Waals surface area contributed by atoms with E-state index in [1.54, 1.807) is 23.7 Å². The van der Waals surface area contributed by atoms with Crippen molar-refractivity contribution in [2.45, 2.75) is 6.42 Å². The van der Waals surface area contributed by atoms with E-state index in [9.17, 15) is 9.59 Å². The van der Waals surface area contributed by atoms with Gasteiger partial charge in [0.25, 0.3) is 5.91 Å². The third-order valence-electron chi connectivity index (χ3n) is 4.88. The van der Waals surface area contributed by atoms with Crippen LogP contribution in [0.3, 0.4) is 0 Å². The molecule has 0 N–H and O–H groups in total. The molecular formula is C22H19N7O2. The van der Waals surface area contributed by atoms with Crippen LogP contribution in [0.2, 0.25) is 0 Å². The predicted octanol–water partition coefficient (Wildman–Crippen LogP) is 2.15. The molecule has 0 aliphatic heterocycles. The largest absolute Gasteiger partial charge is 0.328 e. The highest BCUT2D eigenvalue weighted by atomic mass is 16.2. The van der Waals surface area contributed by atoms with Crippen LogP contribution in [0.5, 0.6) is 0 Å². The Balaban J connectivity index is 1.60. The Morgan fingerprint density at radius 2 is 1.94 bits per heavy atom. The van der Waals surface area contributed by atoms with Crippen molar-refractivity contribution in [2.75, 3.05) is 13.6 Å². The van der Waals surface area contributed by atoms with Crippen molar-refractivity contribution in [3.63, 3.8) is 0 Å². The van der Waals surface area contributed by atoms with Crippen LogP contribution in [-0.4, -0.2) is 54.3 Å². The maximum absolute atomic E-state index is 13.0. The molecule has 0 atom stereocenters. The lowest BCUT2D eigenvalue weighted by Gasteiger charge is -2.13. The van der Waals surface area contributed by atoms with Crippen molar-refractivity contribution in [2.24, 2.45) is 7.05 Å². The van der Waals surface area contributed by atoms with Crippen LogP contribution in [0.25, 0.3) is 17.0 Å². The van der Waals surface area contributed by atoms with Gasteiger partial charge in [-0.3, -0.25) is 18.7 Å². The molecule has 3 aromatic heterocycles. The van der Waals surface area contributed by atoms with Crippen molar-refractivity contribution in [1.82, 2.24) is 29.0 Å². The van der Waals surface area contributed by atoms with Crippen LogP contribution >= 0.6 is 0 Å². The number of benzene rings is 1. The van der Waals surface area contributed by atoms with E-state index in [4.69, 9.17) is 5.26 Å². The molecule has 0 radical (unpaired) electrons. The lowest BCUT2D eigenvalue weighted by Crippen LogP contribution is -2.28. The summed E-state index contributed by atoms with van der Waals surface area (Å²) in [5.74, 6) is -0.234. The van der Waals surface area contributed by atoms with Crippen molar-refractivity contribution in [3.8, 4) is 17.3 Å². The van der Waals surface area contributed by atoms with Crippen LogP contribution in [0, 0.1) is 11.3 Å². The minimum atomic E-state index is -0.429. The van der Waals surface area contributed by atoms with Gasteiger partial charge in [-0.15, -0.1) is 0 Å². The first-order valence-electron chi connectivity index (χ1n) is 9.55. The predicted molar refractivity (Wildman–Crippen MR) is 112 cm³/mol. The van der Waals surface area contributed by atoms with E-state index < -0.39 is 5.91 Å². The lowest BCUT2D eigenvalue weighted by atomic mass is 10.1. The first-order valence-corrected chi connectivity index (χ1v) is 9.55. The Labute approximate surface area is 178 Å². The van der Waals surface area contributed by atoms with Gasteiger partial charge in [-0.1, -0.05) is 30.3 Å². The molecule has 31 heavy (non-hydrogen) atoms. The molecule has 9 heteroatoms. The topological polar surface area (TPSA) is 109 Å². The Morgan fingerprint density at radius 1 is 1.16 bits per heavy atom. The number of ketones is 1. The molecule has 0 unspecified atom stereocenters.